The average Bonchev–Trinajstić information content (AvgIpc) is 1.56. The summed E-state index contributed by atoms with van der Waals surface area (Å²) >= 11 is 0. The van der Waals surface area contributed by atoms with Crippen molar-refractivity contribution in [3.8, 4) is 0 Å². The molecule has 0 aromatic carbocycles. The molecule has 11 heavy (non-hydrogen) atoms. The van der Waals surface area contributed by atoms with Crippen LogP contribution in [0.25, 0.3) is 0 Å². The summed E-state index contributed by atoms with van der Waals surface area (Å²) in [4.78, 5) is 0. The summed E-state index contributed by atoms with van der Waals surface area (Å²) in [6, 6.07) is 0. The lowest BCUT2D eigenvalue weighted by atomic mass is 9.90. The second-order valence-corrected chi connectivity index (χ2v) is 6.57. The third kappa shape index (κ3) is 3.36. The maximum absolute atomic E-state index is 9.69. The fourth-order valence-corrected chi connectivity index (χ4v) is 2.20. The molecule has 0 fully saturated rings. The van der Waals surface area contributed by atoms with Crippen LogP contribution in [0, 0.1) is 0 Å². The highest BCUT2D eigenvalue weighted by Crippen LogP contribution is 2.25. The zero-order chi connectivity index (χ0) is 9.28. The molecule has 0 saturated carbocycles. The van der Waals surface area contributed by atoms with E-state index < -0.39 is 20.2 Å². The Morgan fingerprint density at radius 2 is 1.45 bits per heavy atom. The van der Waals surface area contributed by atoms with Crippen LogP contribution in [0.4, 0.5) is 0 Å². The molecule has 0 atom stereocenters. The lowest BCUT2D eigenvalue weighted by molar-refractivity contribution is -0.0924. The second kappa shape index (κ2) is 3.25. The van der Waals surface area contributed by atoms with Crippen LogP contribution in [-0.2, 0) is 4.43 Å². The largest absolute Gasteiger partial charge is 0.413 e. The van der Waals surface area contributed by atoms with E-state index in [4.69, 9.17) is 4.43 Å². The Labute approximate surface area is 71.3 Å². The van der Waals surface area contributed by atoms with E-state index in [2.05, 4.69) is 13.1 Å². The van der Waals surface area contributed by atoms with Gasteiger partial charge in [0.05, 0.1) is 11.2 Å². The first-order valence-electron chi connectivity index (χ1n) is 4.07. The molecule has 2 nitrogen and oxygen atoms in total. The number of rotatable bonds is 3. The van der Waals surface area contributed by atoms with Gasteiger partial charge in [-0.15, -0.1) is 0 Å². The first-order valence-corrected chi connectivity index (χ1v) is 6.85. The van der Waals surface area contributed by atoms with Crippen LogP contribution >= 0.6 is 0 Å². The number of hydrogen-bond donors (Lipinski definition) is 1. The third-order valence-corrected chi connectivity index (χ3v) is 3.06. The predicted molar refractivity (Wildman–Crippen MR) is 50.3 cm³/mol. The molecule has 0 saturated heterocycles. The zero-order valence-corrected chi connectivity index (χ0v) is 9.59. The molecule has 68 valence electrons. The fourth-order valence-electron chi connectivity index (χ4n) is 0.733. The lowest BCUT2D eigenvalue weighted by Crippen LogP contribution is -2.49. The minimum atomic E-state index is -1.06. The van der Waals surface area contributed by atoms with Gasteiger partial charge in [0.25, 0.3) is 0 Å². The van der Waals surface area contributed by atoms with Gasteiger partial charge in [-0.05, 0) is 40.8 Å². The number of aliphatic hydroxyl groups is 1. The van der Waals surface area contributed by atoms with E-state index in [9.17, 15) is 5.11 Å². The molecular formula is C8H20O2Si. The highest BCUT2D eigenvalue weighted by atomic mass is 28.3. The van der Waals surface area contributed by atoms with Gasteiger partial charge in [-0.3, -0.25) is 0 Å². The van der Waals surface area contributed by atoms with Crippen LogP contribution in [0.15, 0.2) is 0 Å². The summed E-state index contributed by atoms with van der Waals surface area (Å²) in [7, 11) is -1.06. The molecule has 0 rings (SSSR count). The van der Waals surface area contributed by atoms with Crippen molar-refractivity contribution in [2.75, 3.05) is 0 Å². The highest BCUT2D eigenvalue weighted by Gasteiger charge is 2.36. The van der Waals surface area contributed by atoms with Gasteiger partial charge in [0, 0.05) is 0 Å². The molecule has 0 heterocycles. The van der Waals surface area contributed by atoms with E-state index in [-0.39, 0.29) is 0 Å². The Bertz CT molecular complexity index is 125. The van der Waals surface area contributed by atoms with Gasteiger partial charge in [-0.1, -0.05) is 0 Å². The Kier molecular flexibility index (Phi) is 3.29. The van der Waals surface area contributed by atoms with Crippen LogP contribution < -0.4 is 0 Å². The molecule has 0 aromatic rings. The SMILES string of the molecule is C[SiH](C)OC(C)(C)C(C)(C)O. The molecule has 0 unspecified atom stereocenters. The molecule has 1 N–H and O–H groups in total. The Balaban J connectivity index is 4.22. The van der Waals surface area contributed by atoms with Crippen LogP contribution in [0.2, 0.25) is 13.1 Å². The molecule has 0 spiro atoms. The summed E-state index contributed by atoms with van der Waals surface area (Å²) in [6.45, 7) is 11.6. The van der Waals surface area contributed by atoms with Gasteiger partial charge >= 0.3 is 0 Å². The van der Waals surface area contributed by atoms with E-state index in [1.165, 1.54) is 0 Å². The Hall–Kier alpha value is 0.137. The summed E-state index contributed by atoms with van der Waals surface area (Å²) in [6.07, 6.45) is 0. The first kappa shape index (κ1) is 11.1. The molecule has 0 radical (unpaired) electrons. The first-order chi connectivity index (χ1) is 4.67. The van der Waals surface area contributed by atoms with Crippen LogP contribution in [0.1, 0.15) is 27.7 Å². The summed E-state index contributed by atoms with van der Waals surface area (Å²) in [5, 5.41) is 9.69. The van der Waals surface area contributed by atoms with E-state index >= 15 is 0 Å². The lowest BCUT2D eigenvalue weighted by Gasteiger charge is -2.38. The maximum Gasteiger partial charge on any atom is 0.171 e. The van der Waals surface area contributed by atoms with Gasteiger partial charge in [0.1, 0.15) is 0 Å². The molecular weight excluding hydrogens is 156 g/mol. The summed E-state index contributed by atoms with van der Waals surface area (Å²) in [5.74, 6) is 0. The smallest absolute Gasteiger partial charge is 0.171 e. The minimum Gasteiger partial charge on any atom is -0.413 e. The van der Waals surface area contributed by atoms with Crippen LogP contribution in [0.5, 0.6) is 0 Å². The molecule has 0 aromatic heterocycles. The van der Waals surface area contributed by atoms with Crippen molar-refractivity contribution in [3.63, 3.8) is 0 Å². The monoisotopic (exact) mass is 176 g/mol. The minimum absolute atomic E-state index is 0.423. The van der Waals surface area contributed by atoms with Gasteiger partial charge in [0.15, 0.2) is 9.04 Å². The topological polar surface area (TPSA) is 29.5 Å². The van der Waals surface area contributed by atoms with E-state index in [1.54, 1.807) is 13.8 Å². The standard InChI is InChI=1S/C8H20O2Si/c1-7(2,9)8(3,4)10-11(5)6/h9,11H,1-6H3. The summed E-state index contributed by atoms with van der Waals surface area (Å²) < 4.78 is 5.69. The molecule has 0 amide bonds. The molecule has 0 bridgehead atoms. The predicted octanol–water partition coefficient (Wildman–Crippen LogP) is 1.54. The third-order valence-electron chi connectivity index (χ3n) is 2.00. The fraction of sp³-hybridized carbons (Fsp3) is 1.00. The zero-order valence-electron chi connectivity index (χ0n) is 8.43. The van der Waals surface area contributed by atoms with Gasteiger partial charge in [0.2, 0.25) is 0 Å². The van der Waals surface area contributed by atoms with Crippen molar-refractivity contribution < 1.29 is 9.53 Å². The molecule has 0 aliphatic heterocycles. The van der Waals surface area contributed by atoms with E-state index in [0.29, 0.717) is 0 Å². The van der Waals surface area contributed by atoms with Crippen molar-refractivity contribution in [3.05, 3.63) is 0 Å². The molecule has 0 aliphatic rings. The van der Waals surface area contributed by atoms with Crippen molar-refractivity contribution >= 4 is 9.04 Å². The van der Waals surface area contributed by atoms with Crippen LogP contribution in [0.3, 0.4) is 0 Å². The van der Waals surface area contributed by atoms with E-state index in [0.717, 1.165) is 0 Å². The average molecular weight is 176 g/mol. The van der Waals surface area contributed by atoms with Crippen molar-refractivity contribution in [2.24, 2.45) is 0 Å². The molecule has 0 aliphatic carbocycles. The maximum atomic E-state index is 9.69. The van der Waals surface area contributed by atoms with Crippen molar-refractivity contribution in [1.82, 2.24) is 0 Å². The van der Waals surface area contributed by atoms with Crippen LogP contribution in [-0.4, -0.2) is 25.3 Å². The van der Waals surface area contributed by atoms with Crippen molar-refractivity contribution in [1.29, 1.82) is 0 Å². The van der Waals surface area contributed by atoms with Gasteiger partial charge in [-0.25, -0.2) is 0 Å². The normalized spacial score (nSPS) is 14.2. The molecule has 3 heteroatoms. The van der Waals surface area contributed by atoms with Gasteiger partial charge < -0.3 is 9.53 Å². The highest BCUT2D eigenvalue weighted by molar-refractivity contribution is 6.48. The van der Waals surface area contributed by atoms with E-state index in [1.807, 2.05) is 13.8 Å². The van der Waals surface area contributed by atoms with Crippen molar-refractivity contribution in [2.45, 2.75) is 52.0 Å². The quantitative estimate of drug-likeness (QED) is 0.661. The summed E-state index contributed by atoms with van der Waals surface area (Å²) in [5.41, 5.74) is -1.18. The number of hydrogen-bond acceptors (Lipinski definition) is 2. The van der Waals surface area contributed by atoms with Gasteiger partial charge in [-0.2, -0.15) is 0 Å². The Morgan fingerprint density at radius 1 is 1.09 bits per heavy atom. The second-order valence-electron chi connectivity index (χ2n) is 4.24. The Morgan fingerprint density at radius 3 is 1.55 bits per heavy atom.